The number of rotatable bonds is 7. The first-order valence-corrected chi connectivity index (χ1v) is 9.15. The van der Waals surface area contributed by atoms with Crippen molar-refractivity contribution in [3.8, 4) is 17.5 Å². The largest absolute Gasteiger partial charge is 0.344 e. The fourth-order valence-electron chi connectivity index (χ4n) is 2.53. The lowest BCUT2D eigenvalue weighted by Crippen LogP contribution is -2.34. The molecule has 1 heterocycles. The van der Waals surface area contributed by atoms with Crippen LogP contribution in [0.4, 0.5) is 0 Å². The third kappa shape index (κ3) is 4.40. The third-order valence-corrected chi connectivity index (χ3v) is 5.05. The molecule has 1 atom stereocenters. The van der Waals surface area contributed by atoms with Crippen molar-refractivity contribution in [2.75, 3.05) is 13.6 Å². The molecular weight excluding hydrogens is 334 g/mol. The molecule has 0 N–H and O–H groups in total. The Hall–Kier alpha value is -2.33. The van der Waals surface area contributed by atoms with E-state index in [0.717, 1.165) is 28.7 Å². The molecule has 0 radical (unpaired) electrons. The highest BCUT2D eigenvalue weighted by Gasteiger charge is 2.22. The maximum atomic E-state index is 12.4. The second-order valence-corrected chi connectivity index (χ2v) is 7.10. The molecule has 1 aromatic heterocycles. The molecule has 25 heavy (non-hydrogen) atoms. The zero-order valence-electron chi connectivity index (χ0n) is 15.1. The van der Waals surface area contributed by atoms with Crippen LogP contribution in [0.5, 0.6) is 0 Å². The summed E-state index contributed by atoms with van der Waals surface area (Å²) in [5.74, 6) is 0.809. The van der Waals surface area contributed by atoms with Crippen LogP contribution in [-0.2, 0) is 11.3 Å². The molecule has 2 aromatic rings. The number of hydrogen-bond donors (Lipinski definition) is 0. The summed E-state index contributed by atoms with van der Waals surface area (Å²) < 4.78 is 2.03. The van der Waals surface area contributed by atoms with Crippen molar-refractivity contribution in [2.24, 2.45) is 0 Å². The number of carbonyl (C=O) groups excluding carboxylic acids is 1. The van der Waals surface area contributed by atoms with Crippen molar-refractivity contribution in [3.05, 3.63) is 29.8 Å². The van der Waals surface area contributed by atoms with Gasteiger partial charge >= 0.3 is 0 Å². The van der Waals surface area contributed by atoms with Gasteiger partial charge in [-0.2, -0.15) is 5.26 Å². The van der Waals surface area contributed by atoms with Crippen LogP contribution < -0.4 is 0 Å². The average Bonchev–Trinajstić information content (AvgIpc) is 3.01. The molecule has 1 amide bonds. The van der Waals surface area contributed by atoms with Gasteiger partial charge in [-0.05, 0) is 26.3 Å². The number of aryl methyl sites for hydroxylation is 1. The smallest absolute Gasteiger partial charge is 0.235 e. The van der Waals surface area contributed by atoms with Gasteiger partial charge in [0, 0.05) is 25.7 Å². The molecule has 132 valence electrons. The van der Waals surface area contributed by atoms with E-state index in [9.17, 15) is 4.79 Å². The minimum Gasteiger partial charge on any atom is -0.344 e. The van der Waals surface area contributed by atoms with Gasteiger partial charge in [-0.15, -0.1) is 10.2 Å². The molecule has 7 heteroatoms. The van der Waals surface area contributed by atoms with E-state index < -0.39 is 0 Å². The SMILES string of the molecule is CCn1c(S[C@H](C)C(=O)N(C)CCC#N)nnc1-c1ccccc1C. The third-order valence-electron chi connectivity index (χ3n) is 3.98. The van der Waals surface area contributed by atoms with Crippen LogP contribution >= 0.6 is 11.8 Å². The minimum absolute atomic E-state index is 0.0108. The van der Waals surface area contributed by atoms with E-state index in [-0.39, 0.29) is 11.2 Å². The molecule has 0 aliphatic rings. The minimum atomic E-state index is -0.289. The molecule has 0 saturated carbocycles. The lowest BCUT2D eigenvalue weighted by Gasteiger charge is -2.19. The van der Waals surface area contributed by atoms with Crippen molar-refractivity contribution in [2.45, 2.75) is 44.1 Å². The summed E-state index contributed by atoms with van der Waals surface area (Å²) in [6, 6.07) is 10.1. The van der Waals surface area contributed by atoms with Crippen molar-refractivity contribution < 1.29 is 4.79 Å². The average molecular weight is 357 g/mol. The topological polar surface area (TPSA) is 74.8 Å². The van der Waals surface area contributed by atoms with Crippen molar-refractivity contribution in [1.82, 2.24) is 19.7 Å². The summed E-state index contributed by atoms with van der Waals surface area (Å²) in [7, 11) is 1.72. The van der Waals surface area contributed by atoms with Crippen LogP contribution in [0, 0.1) is 18.3 Å². The van der Waals surface area contributed by atoms with Crippen molar-refractivity contribution >= 4 is 17.7 Å². The van der Waals surface area contributed by atoms with E-state index in [1.54, 1.807) is 11.9 Å². The summed E-state index contributed by atoms with van der Waals surface area (Å²) >= 11 is 1.40. The van der Waals surface area contributed by atoms with Crippen LogP contribution in [-0.4, -0.2) is 44.4 Å². The molecule has 1 aromatic carbocycles. The quantitative estimate of drug-likeness (QED) is 0.712. The maximum Gasteiger partial charge on any atom is 0.235 e. The van der Waals surface area contributed by atoms with Gasteiger partial charge in [-0.1, -0.05) is 36.0 Å². The van der Waals surface area contributed by atoms with E-state index in [4.69, 9.17) is 5.26 Å². The molecule has 0 aliphatic carbocycles. The summed E-state index contributed by atoms with van der Waals surface area (Å²) in [6.45, 7) is 7.12. The maximum absolute atomic E-state index is 12.4. The van der Waals surface area contributed by atoms with Crippen LogP contribution in [0.2, 0.25) is 0 Å². The second-order valence-electron chi connectivity index (χ2n) is 5.79. The zero-order valence-corrected chi connectivity index (χ0v) is 15.9. The van der Waals surface area contributed by atoms with Crippen LogP contribution in [0.15, 0.2) is 29.4 Å². The van der Waals surface area contributed by atoms with Gasteiger partial charge in [0.2, 0.25) is 5.91 Å². The lowest BCUT2D eigenvalue weighted by atomic mass is 10.1. The standard InChI is InChI=1S/C18H23N5OS/c1-5-23-16(15-10-7-6-9-13(15)2)20-21-18(23)25-14(3)17(24)22(4)12-8-11-19/h6-7,9-10,14H,5,8,12H2,1-4H3/t14-/m1/s1. The number of amides is 1. The molecule has 0 saturated heterocycles. The second kappa shape index (κ2) is 8.67. The number of nitrogens with zero attached hydrogens (tertiary/aromatic N) is 5. The highest BCUT2D eigenvalue weighted by molar-refractivity contribution is 8.00. The number of carbonyl (C=O) groups is 1. The zero-order chi connectivity index (χ0) is 18.4. The Morgan fingerprint density at radius 1 is 1.40 bits per heavy atom. The van der Waals surface area contributed by atoms with Crippen LogP contribution in [0.25, 0.3) is 11.4 Å². The van der Waals surface area contributed by atoms with Gasteiger partial charge in [-0.3, -0.25) is 4.79 Å². The van der Waals surface area contributed by atoms with Crippen molar-refractivity contribution in [1.29, 1.82) is 5.26 Å². The predicted molar refractivity (Wildman–Crippen MR) is 99.1 cm³/mol. The number of aromatic nitrogens is 3. The van der Waals surface area contributed by atoms with Gasteiger partial charge in [0.05, 0.1) is 17.7 Å². The van der Waals surface area contributed by atoms with E-state index in [1.165, 1.54) is 11.8 Å². The highest BCUT2D eigenvalue weighted by atomic mass is 32.2. The van der Waals surface area contributed by atoms with Gasteiger partial charge in [0.25, 0.3) is 0 Å². The molecule has 0 bridgehead atoms. The van der Waals surface area contributed by atoms with Crippen LogP contribution in [0.3, 0.4) is 0 Å². The Morgan fingerprint density at radius 2 is 2.12 bits per heavy atom. The summed E-state index contributed by atoms with van der Waals surface area (Å²) in [5, 5.41) is 17.8. The van der Waals surface area contributed by atoms with Gasteiger partial charge in [0.15, 0.2) is 11.0 Å². The lowest BCUT2D eigenvalue weighted by molar-refractivity contribution is -0.128. The fourth-order valence-corrected chi connectivity index (χ4v) is 3.56. The Balaban J connectivity index is 2.20. The number of benzene rings is 1. The highest BCUT2D eigenvalue weighted by Crippen LogP contribution is 2.28. The van der Waals surface area contributed by atoms with Crippen LogP contribution in [0.1, 0.15) is 25.8 Å². The summed E-state index contributed by atoms with van der Waals surface area (Å²) in [5.41, 5.74) is 2.19. The first kappa shape index (κ1) is 19.0. The monoisotopic (exact) mass is 357 g/mol. The Kier molecular flexibility index (Phi) is 6.59. The number of thioether (sulfide) groups is 1. The van der Waals surface area contributed by atoms with E-state index in [1.807, 2.05) is 49.6 Å². The molecule has 0 aliphatic heterocycles. The Labute approximate surface area is 152 Å². The summed E-state index contributed by atoms with van der Waals surface area (Å²) in [4.78, 5) is 14.0. The fraction of sp³-hybridized carbons (Fsp3) is 0.444. The number of hydrogen-bond acceptors (Lipinski definition) is 5. The Bertz CT molecular complexity index is 780. The van der Waals surface area contributed by atoms with Gasteiger partial charge in [0.1, 0.15) is 0 Å². The normalized spacial score (nSPS) is 11.8. The molecule has 0 unspecified atom stereocenters. The van der Waals surface area contributed by atoms with Gasteiger partial charge < -0.3 is 9.47 Å². The van der Waals surface area contributed by atoms with Crippen molar-refractivity contribution in [3.63, 3.8) is 0 Å². The van der Waals surface area contributed by atoms with Gasteiger partial charge in [-0.25, -0.2) is 0 Å². The molecule has 6 nitrogen and oxygen atoms in total. The number of nitriles is 1. The first-order valence-electron chi connectivity index (χ1n) is 8.27. The molecule has 0 spiro atoms. The first-order chi connectivity index (χ1) is 12.0. The summed E-state index contributed by atoms with van der Waals surface area (Å²) in [6.07, 6.45) is 0.336. The van der Waals surface area contributed by atoms with E-state index >= 15 is 0 Å². The molecule has 2 rings (SSSR count). The van der Waals surface area contributed by atoms with E-state index in [0.29, 0.717) is 13.0 Å². The van der Waals surface area contributed by atoms with E-state index in [2.05, 4.69) is 16.3 Å². The molecular formula is C18H23N5OS. The Morgan fingerprint density at radius 3 is 2.76 bits per heavy atom. The predicted octanol–water partition coefficient (Wildman–Crippen LogP) is 3.13. The molecule has 0 fully saturated rings.